The van der Waals surface area contributed by atoms with Gasteiger partial charge in [-0.15, -0.1) is 0 Å². The molecule has 5 heteroatoms. The fraction of sp³-hybridized carbons (Fsp3) is 0.750. The molecule has 1 aromatic rings. The van der Waals surface area contributed by atoms with Crippen LogP contribution in [0.25, 0.3) is 0 Å². The van der Waals surface area contributed by atoms with Crippen molar-refractivity contribution in [1.82, 2.24) is 9.97 Å². The van der Waals surface area contributed by atoms with Gasteiger partial charge < -0.3 is 10.1 Å². The summed E-state index contributed by atoms with van der Waals surface area (Å²) in [6.07, 6.45) is 4.59. The van der Waals surface area contributed by atoms with Crippen LogP contribution >= 0.6 is 0 Å². The summed E-state index contributed by atoms with van der Waals surface area (Å²) in [5, 5.41) is 2.99. The van der Waals surface area contributed by atoms with Crippen molar-refractivity contribution in [1.29, 1.82) is 0 Å². The third kappa shape index (κ3) is 2.09. The van der Waals surface area contributed by atoms with Gasteiger partial charge in [0.1, 0.15) is 6.10 Å². The molecule has 0 aliphatic heterocycles. The number of nitrogens with zero attached hydrogens (tertiary/aromatic N) is 2. The quantitative estimate of drug-likeness (QED) is 0.920. The zero-order valence-corrected chi connectivity index (χ0v) is 13.2. The van der Waals surface area contributed by atoms with Crippen LogP contribution in [0.1, 0.15) is 47.0 Å². The van der Waals surface area contributed by atoms with Gasteiger partial charge in [0.15, 0.2) is 0 Å². The molecule has 0 aromatic carbocycles. The van der Waals surface area contributed by atoms with Gasteiger partial charge in [-0.25, -0.2) is 4.98 Å². The average molecular weight is 293 g/mol. The summed E-state index contributed by atoms with van der Waals surface area (Å²) < 4.78 is 19.9. The third-order valence-corrected chi connectivity index (χ3v) is 6.01. The van der Waals surface area contributed by atoms with Gasteiger partial charge >= 0.3 is 0 Å². The standard InChI is InChI=1S/C16H24FN3O/c1-5-18-14-19-9-11(17)13(20-14)21-12-8-10-6-7-16(12,4)15(10,2)3/h9-10,12H,5-8H2,1-4H3,(H,18,19,20). The van der Waals surface area contributed by atoms with Crippen LogP contribution in [0.2, 0.25) is 0 Å². The number of aromatic nitrogens is 2. The Morgan fingerprint density at radius 3 is 2.76 bits per heavy atom. The number of halogens is 1. The van der Waals surface area contributed by atoms with Crippen molar-refractivity contribution in [3.05, 3.63) is 12.0 Å². The minimum absolute atomic E-state index is 0.0325. The van der Waals surface area contributed by atoms with E-state index in [1.165, 1.54) is 12.6 Å². The van der Waals surface area contributed by atoms with E-state index in [1.54, 1.807) is 0 Å². The number of ether oxygens (including phenoxy) is 1. The Balaban J connectivity index is 1.83. The maximum absolute atomic E-state index is 13.9. The lowest BCUT2D eigenvalue weighted by molar-refractivity contribution is 0.0247. The maximum Gasteiger partial charge on any atom is 0.255 e. The molecule has 116 valence electrons. The van der Waals surface area contributed by atoms with Crippen LogP contribution in [0.5, 0.6) is 5.88 Å². The van der Waals surface area contributed by atoms with Crippen molar-refractivity contribution < 1.29 is 9.13 Å². The Labute approximate surface area is 125 Å². The molecular formula is C16H24FN3O. The van der Waals surface area contributed by atoms with Gasteiger partial charge in [0.25, 0.3) is 5.88 Å². The Morgan fingerprint density at radius 1 is 1.43 bits per heavy atom. The highest BCUT2D eigenvalue weighted by molar-refractivity contribution is 5.28. The molecule has 2 saturated carbocycles. The Kier molecular flexibility index (Phi) is 3.34. The van der Waals surface area contributed by atoms with Crippen molar-refractivity contribution in [2.45, 2.75) is 53.1 Å². The normalized spacial score (nSPS) is 33.2. The lowest BCUT2D eigenvalue weighted by Crippen LogP contribution is -2.39. The summed E-state index contributed by atoms with van der Waals surface area (Å²) in [6.45, 7) is 9.55. The van der Waals surface area contributed by atoms with E-state index >= 15 is 0 Å². The van der Waals surface area contributed by atoms with Gasteiger partial charge in [0, 0.05) is 12.0 Å². The lowest BCUT2D eigenvalue weighted by atomic mass is 9.70. The number of fused-ring (bicyclic) bond motifs is 2. The highest BCUT2D eigenvalue weighted by Gasteiger charge is 2.62. The van der Waals surface area contributed by atoms with E-state index in [2.05, 4.69) is 36.1 Å². The third-order valence-electron chi connectivity index (χ3n) is 6.01. The summed E-state index contributed by atoms with van der Waals surface area (Å²) in [7, 11) is 0. The van der Waals surface area contributed by atoms with Crippen LogP contribution < -0.4 is 10.1 Å². The molecule has 3 rings (SSSR count). The minimum Gasteiger partial charge on any atom is -0.472 e. The summed E-state index contributed by atoms with van der Waals surface area (Å²) in [4.78, 5) is 8.09. The van der Waals surface area contributed by atoms with Crippen molar-refractivity contribution in [3.63, 3.8) is 0 Å². The molecular weight excluding hydrogens is 269 g/mol. The summed E-state index contributed by atoms with van der Waals surface area (Å²) >= 11 is 0. The van der Waals surface area contributed by atoms with Crippen LogP contribution in [0, 0.1) is 22.6 Å². The maximum atomic E-state index is 13.9. The van der Waals surface area contributed by atoms with Crippen LogP contribution in [0.4, 0.5) is 10.3 Å². The van der Waals surface area contributed by atoms with E-state index in [0.29, 0.717) is 18.4 Å². The van der Waals surface area contributed by atoms with Crippen LogP contribution in [-0.4, -0.2) is 22.6 Å². The number of hydrogen-bond acceptors (Lipinski definition) is 4. The van der Waals surface area contributed by atoms with Gasteiger partial charge in [-0.2, -0.15) is 9.37 Å². The average Bonchev–Trinajstić information content (AvgIpc) is 2.76. The Bertz CT molecular complexity index is 548. The zero-order valence-electron chi connectivity index (χ0n) is 13.2. The number of nitrogens with one attached hydrogen (secondary N) is 1. The van der Waals surface area contributed by atoms with Crippen molar-refractivity contribution >= 4 is 5.95 Å². The lowest BCUT2D eigenvalue weighted by Gasteiger charge is -2.38. The van der Waals surface area contributed by atoms with Crippen LogP contribution in [-0.2, 0) is 0 Å². The second kappa shape index (κ2) is 4.82. The molecule has 3 unspecified atom stereocenters. The monoisotopic (exact) mass is 293 g/mol. The molecule has 1 N–H and O–H groups in total. The molecule has 2 aliphatic carbocycles. The first-order valence-electron chi connectivity index (χ1n) is 7.81. The Morgan fingerprint density at radius 2 is 2.19 bits per heavy atom. The van der Waals surface area contributed by atoms with Gasteiger partial charge in [-0.3, -0.25) is 0 Å². The van der Waals surface area contributed by atoms with Gasteiger partial charge in [-0.05, 0) is 37.5 Å². The second-order valence-electron chi connectivity index (χ2n) is 7.09. The molecule has 21 heavy (non-hydrogen) atoms. The minimum atomic E-state index is -0.485. The largest absolute Gasteiger partial charge is 0.472 e. The molecule has 2 aliphatic rings. The first kappa shape index (κ1) is 14.5. The van der Waals surface area contributed by atoms with Gasteiger partial charge in [0.2, 0.25) is 11.8 Å². The van der Waals surface area contributed by atoms with E-state index < -0.39 is 5.82 Å². The van der Waals surface area contributed by atoms with E-state index in [-0.39, 0.29) is 22.8 Å². The smallest absolute Gasteiger partial charge is 0.255 e. The van der Waals surface area contributed by atoms with E-state index in [1.807, 2.05) is 6.92 Å². The summed E-state index contributed by atoms with van der Waals surface area (Å²) in [5.74, 6) is 0.670. The molecule has 2 fully saturated rings. The molecule has 0 spiro atoms. The van der Waals surface area contributed by atoms with Crippen molar-refractivity contribution in [2.75, 3.05) is 11.9 Å². The molecule has 1 aromatic heterocycles. The molecule has 2 bridgehead atoms. The van der Waals surface area contributed by atoms with Gasteiger partial charge in [0.05, 0.1) is 6.20 Å². The van der Waals surface area contributed by atoms with Crippen LogP contribution in [0.15, 0.2) is 6.20 Å². The first-order valence-corrected chi connectivity index (χ1v) is 7.81. The number of anilines is 1. The van der Waals surface area contributed by atoms with Crippen LogP contribution in [0.3, 0.4) is 0 Å². The molecule has 3 atom stereocenters. The zero-order chi connectivity index (χ0) is 15.3. The molecule has 0 radical (unpaired) electrons. The fourth-order valence-corrected chi connectivity index (χ4v) is 4.12. The van der Waals surface area contributed by atoms with Gasteiger partial charge in [-0.1, -0.05) is 20.8 Å². The second-order valence-corrected chi connectivity index (χ2v) is 7.09. The predicted octanol–water partition coefficient (Wildman–Crippen LogP) is 3.64. The SMILES string of the molecule is CCNc1ncc(F)c(OC2CC3CCC2(C)C3(C)C)n1. The topological polar surface area (TPSA) is 47.0 Å². The highest BCUT2D eigenvalue weighted by Crippen LogP contribution is 2.66. The van der Waals surface area contributed by atoms with E-state index in [9.17, 15) is 4.39 Å². The molecule has 4 nitrogen and oxygen atoms in total. The first-order chi connectivity index (χ1) is 9.88. The highest BCUT2D eigenvalue weighted by atomic mass is 19.1. The molecule has 0 amide bonds. The number of rotatable bonds is 4. The summed E-state index contributed by atoms with van der Waals surface area (Å²) in [6, 6.07) is 0. The number of hydrogen-bond donors (Lipinski definition) is 1. The van der Waals surface area contributed by atoms with Crippen molar-refractivity contribution in [2.24, 2.45) is 16.7 Å². The van der Waals surface area contributed by atoms with Crippen molar-refractivity contribution in [3.8, 4) is 5.88 Å². The predicted molar refractivity (Wildman–Crippen MR) is 79.8 cm³/mol. The molecule has 0 saturated heterocycles. The fourth-order valence-electron chi connectivity index (χ4n) is 4.12. The van der Waals surface area contributed by atoms with E-state index in [0.717, 1.165) is 12.8 Å². The molecule has 1 heterocycles. The Hall–Kier alpha value is -1.39. The summed E-state index contributed by atoms with van der Waals surface area (Å²) in [5.41, 5.74) is 0.332. The van der Waals surface area contributed by atoms with E-state index in [4.69, 9.17) is 4.74 Å².